The summed E-state index contributed by atoms with van der Waals surface area (Å²) < 4.78 is 13.0. The smallest absolute Gasteiger partial charge is 0.414 e. The monoisotopic (exact) mass is 403 g/mol. The highest BCUT2D eigenvalue weighted by Gasteiger charge is 2.28. The molecule has 0 fully saturated rings. The van der Waals surface area contributed by atoms with Crippen molar-refractivity contribution in [1.29, 1.82) is 0 Å². The van der Waals surface area contributed by atoms with Crippen LogP contribution < -0.4 is 5.73 Å². The maximum absolute atomic E-state index is 13.0. The van der Waals surface area contributed by atoms with E-state index in [4.69, 9.17) is 25.5 Å². The maximum Gasteiger partial charge on any atom is 0.414 e. The Morgan fingerprint density at radius 1 is 0.931 bits per heavy atom. The number of hydrogen-bond acceptors (Lipinski definition) is 4. The third-order valence-corrected chi connectivity index (χ3v) is 4.29. The van der Waals surface area contributed by atoms with E-state index in [-0.39, 0.29) is 17.6 Å². The van der Waals surface area contributed by atoms with E-state index in [2.05, 4.69) is 0 Å². The van der Waals surface area contributed by atoms with Gasteiger partial charge in [-0.3, -0.25) is 4.79 Å². The summed E-state index contributed by atoms with van der Waals surface area (Å²) in [7, 11) is 0. The quantitative estimate of drug-likeness (QED) is 0.612. The minimum absolute atomic E-state index is 0.144. The van der Waals surface area contributed by atoms with Gasteiger partial charge in [0.1, 0.15) is 11.6 Å². The van der Waals surface area contributed by atoms with Gasteiger partial charge in [0, 0.05) is 17.9 Å². The number of aliphatic carboxylic acids is 2. The molecule has 0 aliphatic rings. The molecular formula is C22H26FNO5. The first kappa shape index (κ1) is 24.0. The Labute approximate surface area is 169 Å². The van der Waals surface area contributed by atoms with Gasteiger partial charge in [-0.25, -0.2) is 14.0 Å². The number of hydrogen-bond donors (Lipinski definition) is 3. The molecule has 156 valence electrons. The topological polar surface area (TPSA) is 118 Å². The van der Waals surface area contributed by atoms with Crippen LogP contribution in [0.3, 0.4) is 0 Å². The van der Waals surface area contributed by atoms with Crippen molar-refractivity contribution in [2.45, 2.75) is 39.2 Å². The van der Waals surface area contributed by atoms with Gasteiger partial charge in [-0.2, -0.15) is 0 Å². The molecule has 29 heavy (non-hydrogen) atoms. The number of carboxylic acids is 2. The predicted molar refractivity (Wildman–Crippen MR) is 107 cm³/mol. The largest absolute Gasteiger partial charge is 0.473 e. The normalized spacial score (nSPS) is 11.7. The summed E-state index contributed by atoms with van der Waals surface area (Å²) in [5.41, 5.74) is 7.74. The Balaban J connectivity index is 0.000000612. The summed E-state index contributed by atoms with van der Waals surface area (Å²) in [6.07, 6.45) is 1.63. The second-order valence-corrected chi connectivity index (χ2v) is 7.37. The van der Waals surface area contributed by atoms with Crippen molar-refractivity contribution in [3.8, 4) is 0 Å². The first-order valence-electron chi connectivity index (χ1n) is 9.04. The minimum atomic E-state index is -1.82. The van der Waals surface area contributed by atoms with Gasteiger partial charge >= 0.3 is 11.9 Å². The Hall–Kier alpha value is -3.06. The number of carboxylic acid groups (broad SMARTS) is 2. The van der Waals surface area contributed by atoms with E-state index < -0.39 is 17.4 Å². The van der Waals surface area contributed by atoms with Gasteiger partial charge in [0.25, 0.3) is 0 Å². The molecule has 0 aliphatic heterocycles. The highest BCUT2D eigenvalue weighted by Crippen LogP contribution is 2.25. The Kier molecular flexibility index (Phi) is 9.15. The van der Waals surface area contributed by atoms with Crippen molar-refractivity contribution in [2.75, 3.05) is 0 Å². The summed E-state index contributed by atoms with van der Waals surface area (Å²) in [6.45, 7) is 3.85. The van der Waals surface area contributed by atoms with Crippen molar-refractivity contribution in [1.82, 2.24) is 0 Å². The summed E-state index contributed by atoms with van der Waals surface area (Å²) >= 11 is 0. The molecule has 0 aliphatic carbocycles. The lowest BCUT2D eigenvalue weighted by atomic mass is 9.79. The molecular weight excluding hydrogens is 377 g/mol. The highest BCUT2D eigenvalue weighted by atomic mass is 19.1. The standard InChI is InChI=1S/C20H24FNO.C2H2O4/c1-20(2,14-16-8-10-17(21)11-9-16)19(23)13-18(22)12-15-6-4-3-5-7-15;3-1(4)2(5)6/h3-11,18H,12-14,22H2,1-2H3;(H,3,4)(H,5,6). The number of halogens is 1. The molecule has 1 unspecified atom stereocenters. The van der Waals surface area contributed by atoms with Gasteiger partial charge in [0.2, 0.25) is 0 Å². The fourth-order valence-corrected chi connectivity index (χ4v) is 2.71. The van der Waals surface area contributed by atoms with Crippen LogP contribution in [0.2, 0.25) is 0 Å². The zero-order chi connectivity index (χ0) is 22.0. The fourth-order valence-electron chi connectivity index (χ4n) is 2.71. The zero-order valence-corrected chi connectivity index (χ0v) is 16.5. The second-order valence-electron chi connectivity index (χ2n) is 7.37. The molecule has 4 N–H and O–H groups in total. The zero-order valence-electron chi connectivity index (χ0n) is 16.5. The molecule has 2 aromatic rings. The van der Waals surface area contributed by atoms with Crippen molar-refractivity contribution in [3.05, 3.63) is 71.5 Å². The van der Waals surface area contributed by atoms with E-state index in [1.165, 1.54) is 12.1 Å². The first-order valence-corrected chi connectivity index (χ1v) is 9.04. The highest BCUT2D eigenvalue weighted by molar-refractivity contribution is 6.27. The lowest BCUT2D eigenvalue weighted by Crippen LogP contribution is -2.34. The van der Waals surface area contributed by atoms with E-state index in [1.807, 2.05) is 44.2 Å². The van der Waals surface area contributed by atoms with E-state index in [1.54, 1.807) is 12.1 Å². The number of carbonyl (C=O) groups excluding carboxylic acids is 1. The van der Waals surface area contributed by atoms with Gasteiger partial charge in [-0.15, -0.1) is 0 Å². The number of Topliss-reactive ketones (excluding diaryl/α,β-unsaturated/α-hetero) is 1. The van der Waals surface area contributed by atoms with Crippen LogP contribution in [0.15, 0.2) is 54.6 Å². The van der Waals surface area contributed by atoms with Crippen LogP contribution in [0, 0.1) is 11.2 Å². The SMILES string of the molecule is CC(C)(Cc1ccc(F)cc1)C(=O)CC(N)Cc1ccccc1.O=C(O)C(=O)O. The van der Waals surface area contributed by atoms with E-state index in [0.717, 1.165) is 11.1 Å². The molecule has 0 aromatic heterocycles. The van der Waals surface area contributed by atoms with Gasteiger partial charge in [-0.05, 0) is 36.1 Å². The Morgan fingerprint density at radius 2 is 1.45 bits per heavy atom. The van der Waals surface area contributed by atoms with Gasteiger partial charge < -0.3 is 15.9 Å². The molecule has 0 spiro atoms. The average Bonchev–Trinajstić information content (AvgIpc) is 2.64. The summed E-state index contributed by atoms with van der Waals surface area (Å²) in [6, 6.07) is 16.1. The van der Waals surface area contributed by atoms with Crippen molar-refractivity contribution in [3.63, 3.8) is 0 Å². The molecule has 0 saturated carbocycles. The van der Waals surface area contributed by atoms with Gasteiger partial charge in [0.15, 0.2) is 0 Å². The number of rotatable bonds is 7. The van der Waals surface area contributed by atoms with Gasteiger partial charge in [0.05, 0.1) is 0 Å². The molecule has 0 amide bonds. The molecule has 2 rings (SSSR count). The minimum Gasteiger partial charge on any atom is -0.473 e. The van der Waals surface area contributed by atoms with E-state index in [9.17, 15) is 9.18 Å². The van der Waals surface area contributed by atoms with Gasteiger partial charge in [-0.1, -0.05) is 56.3 Å². The fraction of sp³-hybridized carbons (Fsp3) is 0.318. The van der Waals surface area contributed by atoms with Crippen LogP contribution in [0.5, 0.6) is 0 Å². The van der Waals surface area contributed by atoms with Crippen molar-refractivity contribution in [2.24, 2.45) is 11.1 Å². The maximum atomic E-state index is 13.0. The van der Waals surface area contributed by atoms with E-state index in [0.29, 0.717) is 19.3 Å². The summed E-state index contributed by atoms with van der Waals surface area (Å²) in [5, 5.41) is 14.8. The predicted octanol–water partition coefficient (Wildman–Crippen LogP) is 3.08. The first-order chi connectivity index (χ1) is 13.5. The third kappa shape index (κ3) is 9.12. The van der Waals surface area contributed by atoms with E-state index >= 15 is 0 Å². The van der Waals surface area contributed by atoms with Crippen LogP contribution >= 0.6 is 0 Å². The van der Waals surface area contributed by atoms with Crippen molar-refractivity contribution < 1.29 is 29.0 Å². The van der Waals surface area contributed by atoms with Crippen LogP contribution in [-0.4, -0.2) is 34.0 Å². The molecule has 7 heteroatoms. The third-order valence-electron chi connectivity index (χ3n) is 4.29. The molecule has 0 radical (unpaired) electrons. The Bertz CT molecular complexity index is 807. The van der Waals surface area contributed by atoms with Crippen LogP contribution in [-0.2, 0) is 27.2 Å². The van der Waals surface area contributed by atoms with Crippen LogP contribution in [0.25, 0.3) is 0 Å². The number of benzene rings is 2. The number of ketones is 1. The lowest BCUT2D eigenvalue weighted by molar-refractivity contribution is -0.159. The Morgan fingerprint density at radius 3 is 1.93 bits per heavy atom. The average molecular weight is 403 g/mol. The molecule has 0 bridgehead atoms. The number of nitrogens with two attached hydrogens (primary N) is 1. The van der Waals surface area contributed by atoms with Crippen molar-refractivity contribution >= 4 is 17.7 Å². The number of carbonyl (C=O) groups is 3. The molecule has 0 heterocycles. The molecule has 6 nitrogen and oxygen atoms in total. The molecule has 2 aromatic carbocycles. The molecule has 0 saturated heterocycles. The summed E-state index contributed by atoms with van der Waals surface area (Å²) in [5.74, 6) is -3.77. The van der Waals surface area contributed by atoms with Crippen LogP contribution in [0.1, 0.15) is 31.4 Å². The second kappa shape index (κ2) is 11.1. The van der Waals surface area contributed by atoms with Crippen LogP contribution in [0.4, 0.5) is 4.39 Å². The lowest BCUT2D eigenvalue weighted by Gasteiger charge is -2.25. The summed E-state index contributed by atoms with van der Waals surface area (Å²) in [4.78, 5) is 30.8. The molecule has 1 atom stereocenters.